The van der Waals surface area contributed by atoms with Crippen molar-refractivity contribution in [3.8, 4) is 0 Å². The first kappa shape index (κ1) is 10.9. The van der Waals surface area contributed by atoms with Gasteiger partial charge in [-0.05, 0) is 26.9 Å². The Labute approximate surface area is 69.2 Å². The summed E-state index contributed by atoms with van der Waals surface area (Å²) in [4.78, 5) is 12.0. The number of hydrogen-bond acceptors (Lipinski definition) is 3. The minimum Gasteiger partial charge on any atom is -0.279 e. The Kier molecular flexibility index (Phi) is 4.65. The highest BCUT2D eigenvalue weighted by atomic mass is 17.2. The maximum Gasteiger partial charge on any atom is 0.155 e. The van der Waals surface area contributed by atoms with Crippen LogP contribution in [0.4, 0.5) is 0 Å². The average molecular weight is 161 g/mol. The molecular formula is C8H19NO2. The second-order valence-corrected chi connectivity index (χ2v) is 2.80. The lowest BCUT2D eigenvalue weighted by Crippen LogP contribution is -2.45. The fourth-order valence-electron chi connectivity index (χ4n) is 1.23. The van der Waals surface area contributed by atoms with Gasteiger partial charge in [-0.1, -0.05) is 13.8 Å². The lowest BCUT2D eigenvalue weighted by molar-refractivity contribution is -0.379. The Balaban J connectivity index is 4.20. The van der Waals surface area contributed by atoms with Crippen molar-refractivity contribution in [1.29, 1.82) is 0 Å². The van der Waals surface area contributed by atoms with E-state index in [-0.39, 0.29) is 5.72 Å². The fraction of sp³-hybridized carbons (Fsp3) is 1.00. The number of hydrogen-bond donors (Lipinski definition) is 0. The smallest absolute Gasteiger partial charge is 0.155 e. The van der Waals surface area contributed by atoms with Gasteiger partial charge in [-0.15, -0.1) is 0 Å². The van der Waals surface area contributed by atoms with Crippen molar-refractivity contribution in [2.45, 2.75) is 32.4 Å². The molecule has 0 fully saturated rings. The molecule has 0 aliphatic heterocycles. The topological polar surface area (TPSA) is 21.7 Å². The van der Waals surface area contributed by atoms with E-state index in [0.29, 0.717) is 0 Å². The van der Waals surface area contributed by atoms with Gasteiger partial charge in [-0.2, -0.15) is 0 Å². The van der Waals surface area contributed by atoms with Crippen LogP contribution in [0, 0.1) is 0 Å². The molecule has 11 heavy (non-hydrogen) atoms. The van der Waals surface area contributed by atoms with Crippen LogP contribution in [0.1, 0.15) is 26.7 Å². The van der Waals surface area contributed by atoms with Crippen molar-refractivity contribution in [3.63, 3.8) is 0 Å². The molecule has 0 spiro atoms. The van der Waals surface area contributed by atoms with Gasteiger partial charge in [0.15, 0.2) is 5.72 Å². The molecule has 0 N–H and O–H groups in total. The first-order valence-corrected chi connectivity index (χ1v) is 4.02. The van der Waals surface area contributed by atoms with Gasteiger partial charge in [0.05, 0.1) is 7.11 Å². The van der Waals surface area contributed by atoms with Crippen LogP contribution in [0.5, 0.6) is 0 Å². The predicted octanol–water partition coefficient (Wildman–Crippen LogP) is 1.64. The van der Waals surface area contributed by atoms with Crippen molar-refractivity contribution < 1.29 is 9.78 Å². The van der Waals surface area contributed by atoms with Gasteiger partial charge in [-0.3, -0.25) is 4.90 Å². The predicted molar refractivity (Wildman–Crippen MR) is 45.1 cm³/mol. The summed E-state index contributed by atoms with van der Waals surface area (Å²) in [6.07, 6.45) is 1.84. The highest BCUT2D eigenvalue weighted by Gasteiger charge is 2.30. The molecule has 0 aliphatic rings. The molecule has 0 rings (SSSR count). The summed E-state index contributed by atoms with van der Waals surface area (Å²) in [5, 5.41) is 0. The van der Waals surface area contributed by atoms with Crippen LogP contribution in [0.2, 0.25) is 0 Å². The molecule has 68 valence electrons. The Bertz CT molecular complexity index is 100. The Morgan fingerprint density at radius 2 is 1.64 bits per heavy atom. The molecule has 0 unspecified atom stereocenters. The largest absolute Gasteiger partial charge is 0.279 e. The molecule has 0 aliphatic carbocycles. The second kappa shape index (κ2) is 4.70. The van der Waals surface area contributed by atoms with Gasteiger partial charge in [0, 0.05) is 0 Å². The summed E-state index contributed by atoms with van der Waals surface area (Å²) < 4.78 is 0. The second-order valence-electron chi connectivity index (χ2n) is 2.80. The van der Waals surface area contributed by atoms with Gasteiger partial charge in [0.25, 0.3) is 0 Å². The maximum absolute atomic E-state index is 5.22. The molecule has 0 atom stereocenters. The van der Waals surface area contributed by atoms with Gasteiger partial charge >= 0.3 is 0 Å². The van der Waals surface area contributed by atoms with E-state index in [4.69, 9.17) is 9.78 Å². The van der Waals surface area contributed by atoms with Crippen molar-refractivity contribution >= 4 is 0 Å². The first-order valence-electron chi connectivity index (χ1n) is 4.02. The highest BCUT2D eigenvalue weighted by molar-refractivity contribution is 4.72. The zero-order valence-corrected chi connectivity index (χ0v) is 8.18. The summed E-state index contributed by atoms with van der Waals surface area (Å²) >= 11 is 0. The SMILES string of the molecule is CCC(CC)(OOC)N(C)C. The van der Waals surface area contributed by atoms with Crippen molar-refractivity contribution in [3.05, 3.63) is 0 Å². The fourth-order valence-corrected chi connectivity index (χ4v) is 1.23. The van der Waals surface area contributed by atoms with Crippen molar-refractivity contribution in [2.75, 3.05) is 21.2 Å². The Hall–Kier alpha value is -0.120. The molecule has 3 heteroatoms. The van der Waals surface area contributed by atoms with Crippen LogP contribution in [0.3, 0.4) is 0 Å². The molecule has 0 aromatic rings. The Morgan fingerprint density at radius 3 is 1.73 bits per heavy atom. The Morgan fingerprint density at radius 1 is 1.18 bits per heavy atom. The monoisotopic (exact) mass is 161 g/mol. The molecule has 0 aromatic carbocycles. The van der Waals surface area contributed by atoms with Gasteiger partial charge in [0.2, 0.25) is 0 Å². The van der Waals surface area contributed by atoms with E-state index < -0.39 is 0 Å². The quantitative estimate of drug-likeness (QED) is 0.347. The summed E-state index contributed by atoms with van der Waals surface area (Å²) in [5.74, 6) is 0. The summed E-state index contributed by atoms with van der Waals surface area (Å²) in [6, 6.07) is 0. The average Bonchev–Trinajstić information content (AvgIpc) is 2.00. The molecule has 0 bridgehead atoms. The van der Waals surface area contributed by atoms with Gasteiger partial charge in [-0.25, -0.2) is 9.78 Å². The lowest BCUT2D eigenvalue weighted by Gasteiger charge is -2.35. The van der Waals surface area contributed by atoms with Crippen LogP contribution in [-0.4, -0.2) is 31.8 Å². The van der Waals surface area contributed by atoms with Crippen LogP contribution in [-0.2, 0) is 9.78 Å². The van der Waals surface area contributed by atoms with E-state index in [1.807, 2.05) is 19.0 Å². The van der Waals surface area contributed by atoms with E-state index in [2.05, 4.69) is 13.8 Å². The van der Waals surface area contributed by atoms with Crippen molar-refractivity contribution in [1.82, 2.24) is 4.90 Å². The lowest BCUT2D eigenvalue weighted by atomic mass is 10.1. The zero-order chi connectivity index (χ0) is 8.91. The van der Waals surface area contributed by atoms with E-state index in [0.717, 1.165) is 12.8 Å². The third kappa shape index (κ3) is 2.43. The minimum absolute atomic E-state index is 0.255. The molecule has 0 radical (unpaired) electrons. The number of rotatable bonds is 5. The normalized spacial score (nSPS) is 12.5. The molecule has 0 aromatic heterocycles. The standard InChI is InChI=1S/C8H19NO2/c1-6-8(7-2,9(3)4)11-10-5/h6-7H2,1-5H3. The molecule has 0 saturated heterocycles. The maximum atomic E-state index is 5.22. The van der Waals surface area contributed by atoms with Crippen LogP contribution in [0.25, 0.3) is 0 Å². The van der Waals surface area contributed by atoms with Crippen LogP contribution in [0.15, 0.2) is 0 Å². The van der Waals surface area contributed by atoms with Crippen molar-refractivity contribution in [2.24, 2.45) is 0 Å². The first-order chi connectivity index (χ1) is 5.13. The molecule has 0 saturated carbocycles. The third-order valence-electron chi connectivity index (χ3n) is 2.16. The molecule has 0 amide bonds. The highest BCUT2D eigenvalue weighted by Crippen LogP contribution is 2.22. The van der Waals surface area contributed by atoms with Gasteiger partial charge in [0.1, 0.15) is 0 Å². The number of nitrogens with zero attached hydrogens (tertiary/aromatic N) is 1. The van der Waals surface area contributed by atoms with E-state index >= 15 is 0 Å². The summed E-state index contributed by atoms with van der Waals surface area (Å²) in [5.41, 5.74) is -0.255. The van der Waals surface area contributed by atoms with Crippen LogP contribution >= 0.6 is 0 Å². The van der Waals surface area contributed by atoms with Crippen LogP contribution < -0.4 is 0 Å². The molecule has 0 heterocycles. The third-order valence-corrected chi connectivity index (χ3v) is 2.16. The zero-order valence-electron chi connectivity index (χ0n) is 8.18. The van der Waals surface area contributed by atoms with Gasteiger partial charge < -0.3 is 0 Å². The van der Waals surface area contributed by atoms with E-state index in [9.17, 15) is 0 Å². The summed E-state index contributed by atoms with van der Waals surface area (Å²) in [6.45, 7) is 4.17. The van der Waals surface area contributed by atoms with E-state index in [1.165, 1.54) is 0 Å². The molecular weight excluding hydrogens is 142 g/mol. The minimum atomic E-state index is -0.255. The van der Waals surface area contributed by atoms with E-state index in [1.54, 1.807) is 7.11 Å². The summed E-state index contributed by atoms with van der Waals surface area (Å²) in [7, 11) is 5.53. The molecule has 3 nitrogen and oxygen atoms in total.